The molecule has 1 aliphatic rings. The molecule has 1 aromatic carbocycles. The number of anilines is 2. The second-order valence-electron chi connectivity index (χ2n) is 7.16. The quantitative estimate of drug-likeness (QED) is 0.632. The number of nitrogen functional groups attached to an aromatic ring is 1. The number of aromatic nitrogens is 2. The fraction of sp³-hybridized carbons (Fsp3) is 0.217. The van der Waals surface area contributed by atoms with Crippen molar-refractivity contribution in [3.63, 3.8) is 0 Å². The molecule has 0 atom stereocenters. The maximum absolute atomic E-state index is 13.6. The maximum atomic E-state index is 13.6. The molecule has 1 saturated heterocycles. The molecule has 30 heavy (non-hydrogen) atoms. The summed E-state index contributed by atoms with van der Waals surface area (Å²) in [6.07, 6.45) is 5.91. The van der Waals surface area contributed by atoms with E-state index in [0.29, 0.717) is 28.1 Å². The van der Waals surface area contributed by atoms with Gasteiger partial charge in [-0.2, -0.15) is 5.26 Å². The number of nitrogens with zero attached hydrogens (tertiary/aromatic N) is 5. The van der Waals surface area contributed by atoms with Crippen LogP contribution < -0.4 is 10.6 Å². The second-order valence-corrected chi connectivity index (χ2v) is 7.16. The highest BCUT2D eigenvalue weighted by molar-refractivity contribution is 5.93. The van der Waals surface area contributed by atoms with Crippen LogP contribution in [0, 0.1) is 23.7 Å². The maximum Gasteiger partial charge on any atom is 0.237 e. The van der Waals surface area contributed by atoms with Crippen LogP contribution in [0.5, 0.6) is 0 Å². The summed E-state index contributed by atoms with van der Waals surface area (Å²) in [6, 6.07) is 10.9. The summed E-state index contributed by atoms with van der Waals surface area (Å²) in [6.45, 7) is 9.23. The van der Waals surface area contributed by atoms with Gasteiger partial charge in [0.15, 0.2) is 0 Å². The average Bonchev–Trinajstić information content (AvgIpc) is 2.79. The normalized spacial score (nSPS) is 13.5. The summed E-state index contributed by atoms with van der Waals surface area (Å²) in [5.74, 6) is 0.199. The molecule has 3 aromatic rings. The standard InChI is InChI=1S/C23H19FN6/c1-27-21-20(16-7-5-6-15(10-16)17-11-18(24)14-28-13-17)19(12-25)23(29-22(21)26)30-8-3-2-4-9-30/h5-7,10-11,13-14H,2-4,8-9H2,(H2,26,29). The molecule has 3 heterocycles. The van der Waals surface area contributed by atoms with Crippen molar-refractivity contribution in [2.45, 2.75) is 19.3 Å². The van der Waals surface area contributed by atoms with Gasteiger partial charge in [-0.05, 0) is 42.5 Å². The number of pyridine rings is 2. The molecule has 1 aliphatic heterocycles. The average molecular weight is 398 g/mol. The Balaban J connectivity index is 1.92. The third-order valence-corrected chi connectivity index (χ3v) is 5.25. The number of piperidine rings is 1. The smallest absolute Gasteiger partial charge is 0.237 e. The Morgan fingerprint density at radius 1 is 1.10 bits per heavy atom. The Kier molecular flexibility index (Phi) is 5.28. The van der Waals surface area contributed by atoms with E-state index in [1.54, 1.807) is 6.20 Å². The zero-order chi connectivity index (χ0) is 21.1. The van der Waals surface area contributed by atoms with Gasteiger partial charge in [0.25, 0.3) is 0 Å². The number of nitriles is 1. The van der Waals surface area contributed by atoms with E-state index in [9.17, 15) is 9.65 Å². The van der Waals surface area contributed by atoms with Crippen LogP contribution >= 0.6 is 0 Å². The topological polar surface area (TPSA) is 83.2 Å². The first kappa shape index (κ1) is 19.4. The van der Waals surface area contributed by atoms with Gasteiger partial charge in [0.1, 0.15) is 23.5 Å². The summed E-state index contributed by atoms with van der Waals surface area (Å²) in [5, 5.41) is 10.0. The molecule has 7 heteroatoms. The highest BCUT2D eigenvalue weighted by Crippen LogP contribution is 2.42. The summed E-state index contributed by atoms with van der Waals surface area (Å²) in [4.78, 5) is 14.0. The van der Waals surface area contributed by atoms with E-state index in [0.717, 1.165) is 44.1 Å². The SMILES string of the molecule is [C-]#[N+]c1c(N)nc(N2CCCCC2)c(C#N)c1-c1cccc(-c2cncc(F)c2)c1. The van der Waals surface area contributed by atoms with Crippen LogP contribution in [-0.2, 0) is 0 Å². The minimum Gasteiger partial charge on any atom is -0.392 e. The third-order valence-electron chi connectivity index (χ3n) is 5.25. The van der Waals surface area contributed by atoms with Crippen molar-refractivity contribution in [1.82, 2.24) is 9.97 Å². The predicted molar refractivity (Wildman–Crippen MR) is 114 cm³/mol. The summed E-state index contributed by atoms with van der Waals surface area (Å²) >= 11 is 0. The van der Waals surface area contributed by atoms with Crippen molar-refractivity contribution in [2.75, 3.05) is 23.7 Å². The lowest BCUT2D eigenvalue weighted by atomic mass is 9.95. The zero-order valence-corrected chi connectivity index (χ0v) is 16.3. The van der Waals surface area contributed by atoms with E-state index >= 15 is 0 Å². The van der Waals surface area contributed by atoms with Crippen LogP contribution in [0.25, 0.3) is 27.1 Å². The molecule has 0 bridgehead atoms. The first-order valence-corrected chi connectivity index (χ1v) is 9.69. The van der Waals surface area contributed by atoms with Crippen LogP contribution in [0.15, 0.2) is 42.7 Å². The van der Waals surface area contributed by atoms with Gasteiger partial charge in [-0.15, -0.1) is 0 Å². The van der Waals surface area contributed by atoms with Crippen molar-refractivity contribution < 1.29 is 4.39 Å². The second kappa shape index (κ2) is 8.18. The van der Waals surface area contributed by atoms with Crippen molar-refractivity contribution in [3.8, 4) is 28.3 Å². The van der Waals surface area contributed by atoms with Gasteiger partial charge in [-0.25, -0.2) is 14.2 Å². The molecule has 2 aromatic heterocycles. The fourth-order valence-electron chi connectivity index (χ4n) is 3.84. The number of rotatable bonds is 3. The lowest BCUT2D eigenvalue weighted by Crippen LogP contribution is -2.31. The fourth-order valence-corrected chi connectivity index (χ4v) is 3.84. The van der Waals surface area contributed by atoms with Crippen LogP contribution in [0.3, 0.4) is 0 Å². The monoisotopic (exact) mass is 398 g/mol. The molecular weight excluding hydrogens is 379 g/mol. The lowest BCUT2D eigenvalue weighted by Gasteiger charge is -2.29. The molecule has 0 unspecified atom stereocenters. The Morgan fingerprint density at radius 3 is 2.57 bits per heavy atom. The number of halogens is 1. The Bertz CT molecular complexity index is 1190. The molecule has 6 nitrogen and oxygen atoms in total. The van der Waals surface area contributed by atoms with Crippen molar-refractivity contribution in [3.05, 3.63) is 65.5 Å². The van der Waals surface area contributed by atoms with Crippen LogP contribution in [0.2, 0.25) is 0 Å². The molecule has 0 saturated carbocycles. The van der Waals surface area contributed by atoms with Crippen molar-refractivity contribution >= 4 is 17.3 Å². The summed E-state index contributed by atoms with van der Waals surface area (Å²) < 4.78 is 13.6. The van der Waals surface area contributed by atoms with Gasteiger partial charge in [-0.3, -0.25) is 4.98 Å². The zero-order valence-electron chi connectivity index (χ0n) is 16.3. The van der Waals surface area contributed by atoms with Crippen molar-refractivity contribution in [2.24, 2.45) is 0 Å². The van der Waals surface area contributed by atoms with E-state index in [2.05, 4.69) is 25.8 Å². The Hall–Kier alpha value is -3.97. The van der Waals surface area contributed by atoms with E-state index in [1.165, 1.54) is 6.07 Å². The highest BCUT2D eigenvalue weighted by atomic mass is 19.1. The predicted octanol–water partition coefficient (Wildman–Crippen LogP) is 4.94. The van der Waals surface area contributed by atoms with Gasteiger partial charge in [0.2, 0.25) is 5.69 Å². The van der Waals surface area contributed by atoms with Gasteiger partial charge in [0, 0.05) is 30.4 Å². The number of benzene rings is 1. The van der Waals surface area contributed by atoms with Crippen LogP contribution in [-0.4, -0.2) is 23.1 Å². The molecule has 2 N–H and O–H groups in total. The first-order valence-electron chi connectivity index (χ1n) is 9.69. The van der Waals surface area contributed by atoms with Gasteiger partial charge < -0.3 is 10.6 Å². The van der Waals surface area contributed by atoms with E-state index in [-0.39, 0.29) is 11.5 Å². The van der Waals surface area contributed by atoms with Crippen molar-refractivity contribution in [1.29, 1.82) is 5.26 Å². The summed E-state index contributed by atoms with van der Waals surface area (Å²) in [5.41, 5.74) is 9.11. The Morgan fingerprint density at radius 2 is 1.87 bits per heavy atom. The van der Waals surface area contributed by atoms with E-state index in [1.807, 2.05) is 24.3 Å². The number of hydrogen-bond donors (Lipinski definition) is 1. The Labute approximate surface area is 174 Å². The largest absolute Gasteiger partial charge is 0.392 e. The minimum absolute atomic E-state index is 0.109. The number of nitrogens with two attached hydrogens (primary N) is 1. The van der Waals surface area contributed by atoms with Crippen LogP contribution in [0.4, 0.5) is 21.7 Å². The molecule has 148 valence electrons. The molecular formula is C23H19FN6. The first-order chi connectivity index (χ1) is 14.6. The number of hydrogen-bond acceptors (Lipinski definition) is 5. The molecule has 0 spiro atoms. The molecule has 0 amide bonds. The van der Waals surface area contributed by atoms with E-state index < -0.39 is 5.82 Å². The van der Waals surface area contributed by atoms with Gasteiger partial charge in [-0.1, -0.05) is 18.2 Å². The highest BCUT2D eigenvalue weighted by Gasteiger charge is 2.24. The summed E-state index contributed by atoms with van der Waals surface area (Å²) in [7, 11) is 0. The van der Waals surface area contributed by atoms with Gasteiger partial charge >= 0.3 is 0 Å². The van der Waals surface area contributed by atoms with Crippen LogP contribution in [0.1, 0.15) is 24.8 Å². The molecule has 4 rings (SSSR count). The third kappa shape index (κ3) is 3.54. The lowest BCUT2D eigenvalue weighted by molar-refractivity contribution is 0.573. The van der Waals surface area contributed by atoms with Gasteiger partial charge in [0.05, 0.1) is 18.3 Å². The minimum atomic E-state index is -0.432. The molecule has 1 fully saturated rings. The van der Waals surface area contributed by atoms with E-state index in [4.69, 9.17) is 12.3 Å². The molecule has 0 radical (unpaired) electrons. The molecule has 0 aliphatic carbocycles.